The van der Waals surface area contributed by atoms with Crippen molar-refractivity contribution >= 4 is 28.7 Å². The number of fused-ring (bicyclic) bond motifs is 1. The Hall–Kier alpha value is -3.01. The van der Waals surface area contributed by atoms with Gasteiger partial charge in [-0.15, -0.1) is 0 Å². The molecule has 0 saturated heterocycles. The summed E-state index contributed by atoms with van der Waals surface area (Å²) in [6.45, 7) is 2.03. The highest BCUT2D eigenvalue weighted by Crippen LogP contribution is 2.21. The fourth-order valence-electron chi connectivity index (χ4n) is 2.72. The third-order valence-corrected chi connectivity index (χ3v) is 4.04. The second-order valence-corrected chi connectivity index (χ2v) is 6.18. The molecule has 0 aliphatic carbocycles. The number of benzene rings is 2. The number of rotatable bonds is 4. The summed E-state index contributed by atoms with van der Waals surface area (Å²) in [5.41, 5.74) is 4.30. The maximum atomic E-state index is 12.6. The van der Waals surface area contributed by atoms with Gasteiger partial charge in [0.2, 0.25) is 0 Å². The maximum Gasteiger partial charge on any atom is 0.255 e. The number of hydrogen-bond acceptors (Lipinski definition) is 3. The topological polar surface area (TPSA) is 45.6 Å². The first-order valence-corrected chi connectivity index (χ1v) is 8.25. The van der Waals surface area contributed by atoms with Crippen LogP contribution in [0.2, 0.25) is 0 Å². The van der Waals surface area contributed by atoms with E-state index >= 15 is 0 Å². The van der Waals surface area contributed by atoms with E-state index in [1.54, 1.807) is 19.0 Å². The van der Waals surface area contributed by atoms with E-state index in [0.717, 1.165) is 27.8 Å². The molecule has 0 N–H and O–H groups in total. The Balaban J connectivity index is 2.01. The summed E-state index contributed by atoms with van der Waals surface area (Å²) in [6, 6.07) is 17.7. The monoisotopic (exact) mass is 331 g/mol. The number of amides is 1. The van der Waals surface area contributed by atoms with Crippen LogP contribution < -0.4 is 0 Å². The number of aryl methyl sites for hydroxylation is 1. The van der Waals surface area contributed by atoms with E-state index in [4.69, 9.17) is 4.98 Å². The number of carbonyl (C=O) groups is 1. The molecule has 3 rings (SSSR count). The van der Waals surface area contributed by atoms with Gasteiger partial charge < -0.3 is 4.90 Å². The average Bonchev–Trinajstić information content (AvgIpc) is 2.62. The summed E-state index contributed by atoms with van der Waals surface area (Å²) in [7, 11) is 3.51. The van der Waals surface area contributed by atoms with Gasteiger partial charge in [0, 0.05) is 32.1 Å². The first-order chi connectivity index (χ1) is 12.1. The Morgan fingerprint density at radius 3 is 2.60 bits per heavy atom. The molecule has 0 radical (unpaired) electrons. The summed E-state index contributed by atoms with van der Waals surface area (Å²) >= 11 is 0. The Morgan fingerprint density at radius 1 is 1.12 bits per heavy atom. The number of pyridine rings is 1. The van der Waals surface area contributed by atoms with Gasteiger partial charge in [-0.05, 0) is 30.7 Å². The van der Waals surface area contributed by atoms with E-state index < -0.39 is 0 Å². The molecule has 0 aliphatic rings. The van der Waals surface area contributed by atoms with E-state index in [9.17, 15) is 4.79 Å². The summed E-state index contributed by atoms with van der Waals surface area (Å²) in [5.74, 6) is -0.0426. The van der Waals surface area contributed by atoms with Gasteiger partial charge in [0.25, 0.3) is 5.91 Å². The molecular weight excluding hydrogens is 310 g/mol. The fourth-order valence-corrected chi connectivity index (χ4v) is 2.72. The van der Waals surface area contributed by atoms with Crippen LogP contribution in [0.1, 0.15) is 21.6 Å². The van der Waals surface area contributed by atoms with E-state index in [2.05, 4.69) is 4.99 Å². The van der Waals surface area contributed by atoms with Crippen molar-refractivity contribution in [1.82, 2.24) is 9.88 Å². The second kappa shape index (κ2) is 7.26. The maximum absolute atomic E-state index is 12.6. The summed E-state index contributed by atoms with van der Waals surface area (Å²) in [6.07, 6.45) is 2.32. The van der Waals surface area contributed by atoms with Crippen molar-refractivity contribution in [3.63, 3.8) is 0 Å². The molecule has 0 aliphatic heterocycles. The van der Waals surface area contributed by atoms with Crippen molar-refractivity contribution in [1.29, 1.82) is 0 Å². The van der Waals surface area contributed by atoms with Crippen LogP contribution in [-0.2, 0) is 6.42 Å². The molecule has 0 fully saturated rings. The van der Waals surface area contributed by atoms with Gasteiger partial charge in [0.05, 0.1) is 22.5 Å². The molecule has 0 atom stereocenters. The zero-order chi connectivity index (χ0) is 17.8. The van der Waals surface area contributed by atoms with Crippen molar-refractivity contribution in [2.24, 2.45) is 4.99 Å². The van der Waals surface area contributed by atoms with Gasteiger partial charge in [-0.3, -0.25) is 14.8 Å². The molecule has 1 aromatic heterocycles. The van der Waals surface area contributed by atoms with Crippen LogP contribution in [0.4, 0.5) is 5.69 Å². The van der Waals surface area contributed by atoms with Crippen LogP contribution in [0.5, 0.6) is 0 Å². The molecule has 0 saturated carbocycles. The highest BCUT2D eigenvalue weighted by Gasteiger charge is 2.16. The quantitative estimate of drug-likeness (QED) is 0.673. The number of para-hydroxylation sites is 2. The predicted molar refractivity (Wildman–Crippen MR) is 103 cm³/mol. The molecule has 0 unspecified atom stereocenters. The van der Waals surface area contributed by atoms with E-state index in [1.807, 2.05) is 67.7 Å². The number of aliphatic imine (C=N–C) groups is 1. The normalized spacial score (nSPS) is 11.2. The lowest BCUT2D eigenvalue weighted by Gasteiger charge is -2.14. The summed E-state index contributed by atoms with van der Waals surface area (Å²) in [4.78, 5) is 23.4. The van der Waals surface area contributed by atoms with Crippen molar-refractivity contribution in [2.45, 2.75) is 13.3 Å². The Kier molecular flexibility index (Phi) is 4.89. The van der Waals surface area contributed by atoms with Gasteiger partial charge in [-0.1, -0.05) is 36.4 Å². The first kappa shape index (κ1) is 16.8. The van der Waals surface area contributed by atoms with Crippen molar-refractivity contribution in [3.05, 3.63) is 71.4 Å². The molecule has 25 heavy (non-hydrogen) atoms. The summed E-state index contributed by atoms with van der Waals surface area (Å²) < 4.78 is 0. The molecule has 3 aromatic rings. The molecule has 4 heteroatoms. The fraction of sp³-hybridized carbons (Fsp3) is 0.190. The van der Waals surface area contributed by atoms with Gasteiger partial charge >= 0.3 is 0 Å². The molecule has 126 valence electrons. The molecule has 0 bridgehead atoms. The third kappa shape index (κ3) is 3.74. The van der Waals surface area contributed by atoms with Gasteiger partial charge in [-0.2, -0.15) is 0 Å². The van der Waals surface area contributed by atoms with Gasteiger partial charge in [0.15, 0.2) is 0 Å². The molecule has 1 amide bonds. The van der Waals surface area contributed by atoms with Gasteiger partial charge in [0.1, 0.15) is 0 Å². The van der Waals surface area contributed by atoms with E-state index in [-0.39, 0.29) is 5.91 Å². The largest absolute Gasteiger partial charge is 0.345 e. The minimum atomic E-state index is -0.0426. The lowest BCUT2D eigenvalue weighted by Crippen LogP contribution is -2.23. The highest BCUT2D eigenvalue weighted by molar-refractivity contribution is 5.99. The molecule has 2 aromatic carbocycles. The van der Waals surface area contributed by atoms with E-state index in [1.165, 1.54) is 0 Å². The standard InChI is InChI=1S/C21H21N3O/c1-15-8-7-9-16-14-18(21(25)24(2)3)19(23-20(15)16)12-13-22-17-10-5-4-6-11-17/h4-11,13-14H,12H2,1-3H3. The summed E-state index contributed by atoms with van der Waals surface area (Å²) in [5, 5.41) is 0.981. The Morgan fingerprint density at radius 2 is 1.88 bits per heavy atom. The second-order valence-electron chi connectivity index (χ2n) is 6.18. The van der Waals surface area contributed by atoms with Crippen molar-refractivity contribution < 1.29 is 4.79 Å². The highest BCUT2D eigenvalue weighted by atomic mass is 16.2. The van der Waals surface area contributed by atoms with Crippen LogP contribution in [-0.4, -0.2) is 36.1 Å². The SMILES string of the molecule is Cc1cccc2cc(C(=O)N(C)C)c(CC=Nc3ccccc3)nc12. The molecule has 0 spiro atoms. The van der Waals surface area contributed by atoms with Crippen molar-refractivity contribution in [2.75, 3.05) is 14.1 Å². The lowest BCUT2D eigenvalue weighted by atomic mass is 10.0. The lowest BCUT2D eigenvalue weighted by molar-refractivity contribution is 0.0826. The van der Waals surface area contributed by atoms with Crippen LogP contribution in [0, 0.1) is 6.92 Å². The van der Waals surface area contributed by atoms with E-state index in [0.29, 0.717) is 12.0 Å². The molecule has 1 heterocycles. The number of aromatic nitrogens is 1. The smallest absolute Gasteiger partial charge is 0.255 e. The molecule has 4 nitrogen and oxygen atoms in total. The Bertz CT molecular complexity index is 931. The Labute approximate surface area is 147 Å². The number of carbonyl (C=O) groups excluding carboxylic acids is 1. The number of hydrogen-bond donors (Lipinski definition) is 0. The zero-order valence-electron chi connectivity index (χ0n) is 14.7. The number of nitrogens with zero attached hydrogens (tertiary/aromatic N) is 3. The zero-order valence-corrected chi connectivity index (χ0v) is 14.7. The average molecular weight is 331 g/mol. The molecular formula is C21H21N3O. The first-order valence-electron chi connectivity index (χ1n) is 8.25. The van der Waals surface area contributed by atoms with Gasteiger partial charge in [-0.25, -0.2) is 0 Å². The predicted octanol–water partition coefficient (Wildman–Crippen LogP) is 4.19. The third-order valence-electron chi connectivity index (χ3n) is 4.04. The van der Waals surface area contributed by atoms with Crippen LogP contribution >= 0.6 is 0 Å². The van der Waals surface area contributed by atoms with Crippen LogP contribution in [0.25, 0.3) is 10.9 Å². The minimum Gasteiger partial charge on any atom is -0.345 e. The van der Waals surface area contributed by atoms with Crippen molar-refractivity contribution in [3.8, 4) is 0 Å². The minimum absolute atomic E-state index is 0.0426. The van der Waals surface area contributed by atoms with Crippen LogP contribution in [0.15, 0.2) is 59.6 Å². The van der Waals surface area contributed by atoms with Crippen LogP contribution in [0.3, 0.4) is 0 Å².